The van der Waals surface area contributed by atoms with Crippen LogP contribution in [0.1, 0.15) is 74.7 Å². The van der Waals surface area contributed by atoms with Crippen molar-refractivity contribution >= 4 is 29.8 Å². The van der Waals surface area contributed by atoms with E-state index in [4.69, 9.17) is 34.2 Å². The van der Waals surface area contributed by atoms with Gasteiger partial charge >= 0.3 is 18.2 Å². The van der Waals surface area contributed by atoms with Gasteiger partial charge in [-0.25, -0.2) is 19.7 Å². The topological polar surface area (TPSA) is 251 Å². The highest BCUT2D eigenvalue weighted by Crippen LogP contribution is 2.40. The number of ether oxygens (including phenoxy) is 6. The number of carbonyl (C=O) groups is 4. The summed E-state index contributed by atoms with van der Waals surface area (Å²) in [6.07, 6.45) is -6.72. The van der Waals surface area contributed by atoms with Crippen LogP contribution in [-0.4, -0.2) is 153 Å². The molecule has 0 aliphatic carbocycles. The highest BCUT2D eigenvalue weighted by Gasteiger charge is 2.58. The average Bonchev–Trinajstić information content (AvgIpc) is 3.79. The molecule has 0 bridgehead atoms. The van der Waals surface area contributed by atoms with Crippen molar-refractivity contribution in [3.8, 4) is 11.3 Å². The van der Waals surface area contributed by atoms with Crippen molar-refractivity contribution in [1.82, 2.24) is 35.6 Å². The lowest BCUT2D eigenvalue weighted by molar-refractivity contribution is -0.299. The van der Waals surface area contributed by atoms with Crippen LogP contribution in [0.25, 0.3) is 11.3 Å². The number of hydrogen-bond acceptors (Lipinski definition) is 17. The van der Waals surface area contributed by atoms with Gasteiger partial charge in [-0.15, -0.1) is 5.10 Å². The minimum atomic E-state index is -1.69. The summed E-state index contributed by atoms with van der Waals surface area (Å²) < 4.78 is 37.7. The summed E-state index contributed by atoms with van der Waals surface area (Å²) in [5.41, 5.74) is 9.06. The number of nitrogens with one attached hydrogen (secondary N) is 2. The average molecular weight is 875 g/mol. The summed E-state index contributed by atoms with van der Waals surface area (Å²) in [5.74, 6) is -3.94. The van der Waals surface area contributed by atoms with Crippen molar-refractivity contribution in [2.75, 3.05) is 33.4 Å². The van der Waals surface area contributed by atoms with Crippen LogP contribution in [0.4, 0.5) is 15.3 Å². The van der Waals surface area contributed by atoms with E-state index in [1.165, 1.54) is 11.6 Å². The van der Waals surface area contributed by atoms with E-state index in [9.17, 15) is 29.4 Å². The summed E-state index contributed by atoms with van der Waals surface area (Å²) in [5, 5.41) is 32.2. The van der Waals surface area contributed by atoms with E-state index in [2.05, 4.69) is 21.2 Å². The molecular weight excluding hydrogens is 809 g/mol. The standard InChI is InChI=1S/C42H66N8O12/c1-12-31-42(8)36(61-40(55)62-42)26(6)49(11)19-22(2)18-41(7,56)35(60-38-33(52)30(48(9)10)16-23(3)57-38)24(4)34(25(5)37(53)58-31)59-39(54)46-45-32(51)21-50-20-29(44-47-50)27-14-13-15-28(43)17-27/h13-15,17,20,22-26,30-31,33-36,38,52,56H,12,16,18-19,21,43H2,1-11H3,(H,45,51)(H,46,54)/t22-,23-,24+,25-,26-,30+,31-,33-,34+,35-,36-,38+,41-,42-/m1/s1. The molecule has 346 valence electrons. The number of nitrogen functional groups attached to an aromatic ring is 1. The van der Waals surface area contributed by atoms with Crippen molar-refractivity contribution < 1.29 is 57.8 Å². The number of aromatic nitrogens is 3. The normalized spacial score (nSPS) is 36.3. The first-order chi connectivity index (χ1) is 29.0. The molecule has 3 aliphatic rings. The molecule has 0 saturated carbocycles. The molecular formula is C42H66N8O12. The number of likely N-dealkylation sites (N-methyl/N-ethyl adjacent to an activating group) is 2. The number of rotatable bonds is 8. The summed E-state index contributed by atoms with van der Waals surface area (Å²) in [6, 6.07) is 6.24. The molecule has 6 N–H and O–H groups in total. The number of nitrogens with zero attached hydrogens (tertiary/aromatic N) is 5. The van der Waals surface area contributed by atoms with Gasteiger partial charge in [-0.2, -0.15) is 0 Å². The zero-order valence-corrected chi connectivity index (χ0v) is 37.6. The predicted molar refractivity (Wildman–Crippen MR) is 223 cm³/mol. The number of hydrazine groups is 1. The summed E-state index contributed by atoms with van der Waals surface area (Å²) in [4.78, 5) is 57.6. The van der Waals surface area contributed by atoms with Gasteiger partial charge in [-0.3, -0.25) is 19.9 Å². The van der Waals surface area contributed by atoms with E-state index in [-0.39, 0.29) is 37.5 Å². The molecule has 20 nitrogen and oxygen atoms in total. The molecule has 5 rings (SSSR count). The lowest BCUT2D eigenvalue weighted by Crippen LogP contribution is -2.59. The van der Waals surface area contributed by atoms with E-state index in [1.54, 1.807) is 58.2 Å². The van der Waals surface area contributed by atoms with E-state index in [0.29, 0.717) is 29.9 Å². The molecule has 3 saturated heterocycles. The van der Waals surface area contributed by atoms with E-state index in [1.807, 2.05) is 51.7 Å². The molecule has 3 aliphatic heterocycles. The van der Waals surface area contributed by atoms with Crippen molar-refractivity contribution in [3.05, 3.63) is 30.5 Å². The highest BCUT2D eigenvalue weighted by molar-refractivity contribution is 5.79. The van der Waals surface area contributed by atoms with Gasteiger partial charge in [0.15, 0.2) is 18.0 Å². The number of esters is 1. The van der Waals surface area contributed by atoms with Gasteiger partial charge in [0.2, 0.25) is 0 Å². The monoisotopic (exact) mass is 874 g/mol. The number of benzene rings is 1. The van der Waals surface area contributed by atoms with Gasteiger partial charge in [0.05, 0.1) is 29.9 Å². The molecule has 1 aromatic carbocycles. The molecule has 4 heterocycles. The Bertz CT molecular complexity index is 1880. The largest absolute Gasteiger partial charge is 0.509 e. The number of carbonyl (C=O) groups excluding carboxylic acids is 4. The maximum Gasteiger partial charge on any atom is 0.509 e. The smallest absolute Gasteiger partial charge is 0.458 e. The molecule has 0 radical (unpaired) electrons. The number of cyclic esters (lactones) is 1. The molecule has 2 aromatic rings. The first-order valence-electron chi connectivity index (χ1n) is 21.2. The second-order valence-corrected chi connectivity index (χ2v) is 18.0. The summed E-state index contributed by atoms with van der Waals surface area (Å²) >= 11 is 0. The Kier molecular flexibility index (Phi) is 15.5. The third kappa shape index (κ3) is 11.1. The number of anilines is 1. The van der Waals surface area contributed by atoms with Crippen molar-refractivity contribution in [3.63, 3.8) is 0 Å². The van der Waals surface area contributed by atoms with Crippen LogP contribution in [0.15, 0.2) is 30.5 Å². The maximum atomic E-state index is 14.3. The number of fused-ring (bicyclic) bond motifs is 1. The Morgan fingerprint density at radius 2 is 1.81 bits per heavy atom. The van der Waals surface area contributed by atoms with Crippen LogP contribution in [0.2, 0.25) is 0 Å². The van der Waals surface area contributed by atoms with Crippen LogP contribution < -0.4 is 16.6 Å². The van der Waals surface area contributed by atoms with Gasteiger partial charge in [0.1, 0.15) is 30.6 Å². The number of amides is 2. The summed E-state index contributed by atoms with van der Waals surface area (Å²) in [7, 11) is 5.55. The number of aliphatic hydroxyl groups is 2. The van der Waals surface area contributed by atoms with Crippen molar-refractivity contribution in [2.45, 2.75) is 147 Å². The SMILES string of the molecule is CC[C@H]1OC(=O)[C@H](C)[C@@H](OC(=O)NNC(=O)Cn2cc(-c3cccc(N)c3)nn2)[C@H](C)[C@@H](O[C@@H]2O[C@H](C)C[C@H](N(C)C)[C@H]2O)[C@](C)(O)C[C@@H](C)CN(C)[C@H](C)[C@H]2OC(=O)O[C@@]21C. The highest BCUT2D eigenvalue weighted by atomic mass is 16.8. The van der Waals surface area contributed by atoms with Gasteiger partial charge in [0.25, 0.3) is 5.91 Å². The number of aliphatic hydroxyl groups excluding tert-OH is 1. The first kappa shape index (κ1) is 48.4. The van der Waals surface area contributed by atoms with E-state index < -0.39 is 90.0 Å². The van der Waals surface area contributed by atoms with Gasteiger partial charge < -0.3 is 49.3 Å². The fourth-order valence-corrected chi connectivity index (χ4v) is 9.21. The number of hydrogen-bond donors (Lipinski definition) is 5. The third-order valence-corrected chi connectivity index (χ3v) is 12.5. The van der Waals surface area contributed by atoms with Gasteiger partial charge in [0, 0.05) is 35.8 Å². The fraction of sp³-hybridized carbons (Fsp3) is 0.714. The first-order valence-corrected chi connectivity index (χ1v) is 21.2. The molecule has 0 spiro atoms. The molecule has 2 amide bonds. The lowest BCUT2D eigenvalue weighted by atomic mass is 9.77. The van der Waals surface area contributed by atoms with Gasteiger partial charge in [-0.05, 0) is 93.1 Å². The van der Waals surface area contributed by atoms with Crippen LogP contribution in [-0.2, 0) is 44.6 Å². The van der Waals surface area contributed by atoms with Crippen LogP contribution in [0.3, 0.4) is 0 Å². The zero-order chi connectivity index (χ0) is 45.8. The van der Waals surface area contributed by atoms with Crippen LogP contribution >= 0.6 is 0 Å². The minimum Gasteiger partial charge on any atom is -0.458 e. The fourth-order valence-electron chi connectivity index (χ4n) is 9.21. The van der Waals surface area contributed by atoms with Gasteiger partial charge in [-0.1, -0.05) is 38.1 Å². The Hall–Kier alpha value is -4.60. The van der Waals surface area contributed by atoms with Crippen molar-refractivity contribution in [1.29, 1.82) is 0 Å². The van der Waals surface area contributed by atoms with Crippen LogP contribution in [0, 0.1) is 17.8 Å². The summed E-state index contributed by atoms with van der Waals surface area (Å²) in [6.45, 7) is 14.0. The molecule has 0 unspecified atom stereocenters. The Balaban J connectivity index is 1.45. The predicted octanol–water partition coefficient (Wildman–Crippen LogP) is 2.46. The van der Waals surface area contributed by atoms with Crippen LogP contribution in [0.5, 0.6) is 0 Å². The Labute approximate surface area is 363 Å². The molecule has 14 atom stereocenters. The van der Waals surface area contributed by atoms with E-state index in [0.717, 1.165) is 0 Å². The molecule has 1 aromatic heterocycles. The Morgan fingerprint density at radius 1 is 1.10 bits per heavy atom. The Morgan fingerprint density at radius 3 is 2.47 bits per heavy atom. The second-order valence-electron chi connectivity index (χ2n) is 18.0. The molecule has 62 heavy (non-hydrogen) atoms. The second kappa shape index (κ2) is 19.8. The minimum absolute atomic E-state index is 0.139. The maximum absolute atomic E-state index is 14.3. The lowest BCUT2D eigenvalue weighted by Gasteiger charge is -2.47. The molecule has 20 heteroatoms. The van der Waals surface area contributed by atoms with E-state index >= 15 is 0 Å². The third-order valence-electron chi connectivity index (χ3n) is 12.5. The molecule has 3 fully saturated rings. The zero-order valence-electron chi connectivity index (χ0n) is 37.6. The van der Waals surface area contributed by atoms with Crippen molar-refractivity contribution in [2.24, 2.45) is 17.8 Å². The number of nitrogens with two attached hydrogens (primary N) is 1. The quantitative estimate of drug-likeness (QED) is 0.111.